The lowest BCUT2D eigenvalue weighted by atomic mass is 10.6. The average Bonchev–Trinajstić information content (AvgIpc) is 2.09. The van der Waals surface area contributed by atoms with E-state index in [4.69, 9.17) is 17.3 Å². The molecule has 0 saturated heterocycles. The molecule has 0 bridgehead atoms. The molecule has 1 rings (SSSR count). The molecule has 6 nitrogen and oxygen atoms in total. The topological polar surface area (TPSA) is 95.5 Å². The molecule has 0 aromatic carbocycles. The van der Waals surface area contributed by atoms with Gasteiger partial charge >= 0.3 is 5.15 Å². The van der Waals surface area contributed by atoms with Crippen molar-refractivity contribution < 1.29 is 9.43 Å². The van der Waals surface area contributed by atoms with Crippen LogP contribution in [0, 0.1) is 10.1 Å². The van der Waals surface area contributed by atoms with E-state index in [1.807, 2.05) is 0 Å². The van der Waals surface area contributed by atoms with E-state index in [0.717, 1.165) is 0 Å². The fourth-order valence-electron chi connectivity index (χ4n) is 0.443. The molecule has 0 amide bonds. The number of aromatic nitrogens is 1. The molecule has 0 spiro atoms. The highest BCUT2D eigenvalue weighted by Gasteiger charge is 2.19. The second-order valence-electron chi connectivity index (χ2n) is 1.44. The van der Waals surface area contributed by atoms with Gasteiger partial charge in [0, 0.05) is 0 Å². The zero-order valence-corrected chi connectivity index (χ0v) is 5.33. The minimum absolute atomic E-state index is 0.0897. The van der Waals surface area contributed by atoms with Crippen molar-refractivity contribution in [1.29, 1.82) is 0 Å². The van der Waals surface area contributed by atoms with Crippen LogP contribution in [0.4, 0.5) is 11.6 Å². The van der Waals surface area contributed by atoms with E-state index in [2.05, 4.69) is 9.70 Å². The predicted molar refractivity (Wildman–Crippen MR) is 32.5 cm³/mol. The van der Waals surface area contributed by atoms with Crippen molar-refractivity contribution in [2.45, 2.75) is 0 Å². The van der Waals surface area contributed by atoms with E-state index in [0.29, 0.717) is 0 Å². The first-order chi connectivity index (χ1) is 4.66. The Morgan fingerprint density at radius 3 is 2.60 bits per heavy atom. The molecule has 0 atom stereocenters. The molecule has 0 aliphatic heterocycles. The van der Waals surface area contributed by atoms with E-state index in [9.17, 15) is 10.1 Å². The van der Waals surface area contributed by atoms with Gasteiger partial charge in [0.15, 0.2) is 5.88 Å². The normalized spacial score (nSPS) is 9.70. The van der Waals surface area contributed by atoms with Crippen LogP contribution < -0.4 is 10.6 Å². The number of nitrogens with two attached hydrogens (primary N) is 1. The Labute approximate surface area is 59.7 Å². The first-order valence-electron chi connectivity index (χ1n) is 2.18. The first-order valence-corrected chi connectivity index (χ1v) is 2.55. The summed E-state index contributed by atoms with van der Waals surface area (Å²) in [6.45, 7) is 0. The minimum atomic E-state index is -0.451. The van der Waals surface area contributed by atoms with Crippen LogP contribution in [-0.2, 0) is 0 Å². The van der Waals surface area contributed by atoms with Gasteiger partial charge in [-0.05, 0) is 16.8 Å². The summed E-state index contributed by atoms with van der Waals surface area (Å²) >= 11 is 5.20. The van der Waals surface area contributed by atoms with Gasteiger partial charge in [0.2, 0.25) is 5.69 Å². The quantitative estimate of drug-likeness (QED) is 0.483. The Bertz CT molecular complexity index is 270. The van der Waals surface area contributed by atoms with Gasteiger partial charge < -0.3 is 10.3 Å². The Balaban J connectivity index is 3.33. The maximum atomic E-state index is 10.4. The molecule has 54 valence electrons. The summed E-state index contributed by atoms with van der Waals surface area (Å²) in [5, 5.41) is 12.3. The molecule has 1 aromatic rings. The van der Waals surface area contributed by atoms with Crippen LogP contribution in [-0.4, -0.2) is 0 Å². The zero-order valence-electron chi connectivity index (χ0n) is 4.57. The number of nitrogens with zero attached hydrogens (tertiary/aromatic N) is 2. The van der Waals surface area contributed by atoms with Crippen LogP contribution >= 0.6 is 11.6 Å². The van der Waals surface area contributed by atoms with Crippen molar-refractivity contribution in [3.05, 3.63) is 15.3 Å². The van der Waals surface area contributed by atoms with Crippen LogP contribution in [0.3, 0.4) is 0 Å². The molecule has 1 heterocycles. The predicted octanol–water partition coefficient (Wildman–Crippen LogP) is 0.546. The number of hydrogen-bond donors (Lipinski definition) is 1. The zero-order chi connectivity index (χ0) is 7.72. The highest BCUT2D eigenvalue weighted by Crippen LogP contribution is 2.28. The smallest absolute Gasteiger partial charge is 0.368 e. The summed E-state index contributed by atoms with van der Waals surface area (Å²) in [5.41, 5.74) is 4.62. The van der Waals surface area contributed by atoms with Gasteiger partial charge in [-0.3, -0.25) is 5.21 Å². The SMILES string of the molecule is Nc1o[n+]([O-])c(Cl)c1N=O. The molecule has 0 unspecified atom stereocenters. The number of halogens is 1. The summed E-state index contributed by atoms with van der Waals surface area (Å²) < 4.78 is 4.15. The Kier molecular flexibility index (Phi) is 1.46. The Morgan fingerprint density at radius 2 is 2.40 bits per heavy atom. The number of rotatable bonds is 1. The van der Waals surface area contributed by atoms with E-state index in [-0.39, 0.29) is 16.5 Å². The van der Waals surface area contributed by atoms with Crippen molar-refractivity contribution >= 4 is 23.2 Å². The van der Waals surface area contributed by atoms with Crippen molar-refractivity contribution in [3.8, 4) is 0 Å². The second kappa shape index (κ2) is 2.14. The van der Waals surface area contributed by atoms with Crippen molar-refractivity contribution in [2.75, 3.05) is 5.73 Å². The van der Waals surface area contributed by atoms with Gasteiger partial charge in [0.25, 0.3) is 0 Å². The van der Waals surface area contributed by atoms with Crippen LogP contribution in [0.2, 0.25) is 5.15 Å². The monoisotopic (exact) mass is 163 g/mol. The summed E-state index contributed by atoms with van der Waals surface area (Å²) in [7, 11) is 0. The standard InChI is InChI=1S/C3H2ClN3O3/c4-2-1(6-8)3(5)10-7(2)9/h5H2. The maximum Gasteiger partial charge on any atom is 0.368 e. The molecule has 0 aliphatic carbocycles. The summed E-state index contributed by atoms with van der Waals surface area (Å²) in [6.07, 6.45) is 0. The van der Waals surface area contributed by atoms with Crippen molar-refractivity contribution in [3.63, 3.8) is 0 Å². The molecular formula is C3H2ClN3O3. The third kappa shape index (κ3) is 0.781. The molecule has 0 saturated carbocycles. The fraction of sp³-hybridized carbons (Fsp3) is 0. The number of hydrogen-bond acceptors (Lipinski definition) is 5. The molecule has 2 N–H and O–H groups in total. The first kappa shape index (κ1) is 6.81. The van der Waals surface area contributed by atoms with E-state index >= 15 is 0 Å². The van der Waals surface area contributed by atoms with Crippen LogP contribution in [0.1, 0.15) is 0 Å². The van der Waals surface area contributed by atoms with Crippen LogP contribution in [0.25, 0.3) is 0 Å². The lowest BCUT2D eigenvalue weighted by molar-refractivity contribution is -0.788. The maximum absolute atomic E-state index is 10.4. The molecule has 1 aromatic heterocycles. The fourth-order valence-corrected chi connectivity index (χ4v) is 0.606. The van der Waals surface area contributed by atoms with Gasteiger partial charge in [-0.25, -0.2) is 0 Å². The van der Waals surface area contributed by atoms with Crippen molar-refractivity contribution in [1.82, 2.24) is 0 Å². The minimum Gasteiger partial charge on any atom is -0.386 e. The summed E-state index contributed by atoms with van der Waals surface area (Å²) in [4.78, 5) is 9.75. The summed E-state index contributed by atoms with van der Waals surface area (Å²) in [6, 6.07) is 0. The molecular weight excluding hydrogens is 162 g/mol. The molecule has 0 radical (unpaired) electrons. The number of nitrogen functional groups attached to an aromatic ring is 1. The summed E-state index contributed by atoms with van der Waals surface area (Å²) in [5.74, 6) is -0.380. The molecule has 0 fully saturated rings. The van der Waals surface area contributed by atoms with Crippen LogP contribution in [0.15, 0.2) is 9.70 Å². The van der Waals surface area contributed by atoms with Gasteiger partial charge in [-0.15, -0.1) is 4.91 Å². The lowest BCUT2D eigenvalue weighted by Crippen LogP contribution is -2.22. The van der Waals surface area contributed by atoms with E-state index in [1.165, 1.54) is 0 Å². The van der Waals surface area contributed by atoms with Gasteiger partial charge in [0.1, 0.15) is 0 Å². The van der Waals surface area contributed by atoms with Crippen LogP contribution in [0.5, 0.6) is 0 Å². The molecule has 7 heteroatoms. The Morgan fingerprint density at radius 1 is 1.80 bits per heavy atom. The third-order valence-corrected chi connectivity index (χ3v) is 1.18. The number of anilines is 1. The Hall–Kier alpha value is -1.30. The average molecular weight is 164 g/mol. The highest BCUT2D eigenvalue weighted by atomic mass is 35.5. The van der Waals surface area contributed by atoms with Gasteiger partial charge in [0.05, 0.1) is 4.90 Å². The van der Waals surface area contributed by atoms with Gasteiger partial charge in [-0.1, -0.05) is 0 Å². The van der Waals surface area contributed by atoms with Crippen molar-refractivity contribution in [2.24, 2.45) is 5.18 Å². The largest absolute Gasteiger partial charge is 0.386 e. The third-order valence-electron chi connectivity index (χ3n) is 0.862. The second-order valence-corrected chi connectivity index (χ2v) is 1.80. The van der Waals surface area contributed by atoms with E-state index in [1.54, 1.807) is 0 Å². The molecule has 10 heavy (non-hydrogen) atoms. The highest BCUT2D eigenvalue weighted by molar-refractivity contribution is 6.31. The van der Waals surface area contributed by atoms with Gasteiger partial charge in [-0.2, -0.15) is 0 Å². The molecule has 0 aliphatic rings. The number of nitroso groups, excluding NO2 is 1. The van der Waals surface area contributed by atoms with E-state index < -0.39 is 5.15 Å². The lowest BCUT2D eigenvalue weighted by Gasteiger charge is -1.79.